The molecule has 0 unspecified atom stereocenters. The van der Waals surface area contributed by atoms with Gasteiger partial charge in [-0.25, -0.2) is 0 Å². The lowest BCUT2D eigenvalue weighted by Gasteiger charge is -2.13. The molecule has 0 aromatic heterocycles. The van der Waals surface area contributed by atoms with Crippen LogP contribution < -0.4 is 0 Å². The summed E-state index contributed by atoms with van der Waals surface area (Å²) in [4.78, 5) is 2.11. The summed E-state index contributed by atoms with van der Waals surface area (Å²) in [5.74, 6) is 0. The Morgan fingerprint density at radius 3 is 1.68 bits per heavy atom. The Kier molecular flexibility index (Phi) is 7.80. The van der Waals surface area contributed by atoms with Crippen LogP contribution >= 0.6 is 0 Å². The van der Waals surface area contributed by atoms with E-state index in [1.165, 1.54) is 0 Å². The standard InChI is InChI=1S/C24H25N/c1-25(2)24-19-15-11-7-6-10-14-18-23(20-21-24)22-16-12-8-4-3-5-9-13-17-22/h3-21H,1-2H3/b4-3?,5-3?,7-6-,8-4?,9-5?,10-6?,11-7?,12-8?,13-9?,14-10-,15-11-,16-12?,17-13?,18-14?,19-15?,21-20-,22-16?,22-17?,23-18+,23-20?,24-19+,24-21?. The Labute approximate surface area is 151 Å². The van der Waals surface area contributed by atoms with E-state index in [0.29, 0.717) is 0 Å². The normalized spacial score (nSPS) is 23.1. The van der Waals surface area contributed by atoms with Crippen LogP contribution in [0.25, 0.3) is 5.57 Å². The Morgan fingerprint density at radius 2 is 1.08 bits per heavy atom. The van der Waals surface area contributed by atoms with Crippen molar-refractivity contribution in [1.29, 1.82) is 0 Å². The van der Waals surface area contributed by atoms with E-state index < -0.39 is 0 Å². The first-order valence-electron chi connectivity index (χ1n) is 8.43. The molecule has 1 aliphatic carbocycles. The van der Waals surface area contributed by atoms with E-state index in [1.54, 1.807) is 0 Å². The maximum absolute atomic E-state index is 2.16. The van der Waals surface area contributed by atoms with Crippen LogP contribution in [0.5, 0.6) is 0 Å². The number of allylic oxidation sites excluding steroid dienone is 11. The van der Waals surface area contributed by atoms with E-state index in [0.717, 1.165) is 16.8 Å². The Hall–Kier alpha value is -3.06. The molecule has 0 spiro atoms. The maximum Gasteiger partial charge on any atom is 0.0361 e. The third kappa shape index (κ3) is 6.92. The van der Waals surface area contributed by atoms with E-state index in [-0.39, 0.29) is 0 Å². The zero-order valence-electron chi connectivity index (χ0n) is 14.9. The lowest BCUT2D eigenvalue weighted by molar-refractivity contribution is 0.530. The number of rotatable bonds is 2. The summed E-state index contributed by atoms with van der Waals surface area (Å²) in [6.45, 7) is 0. The van der Waals surface area contributed by atoms with Gasteiger partial charge in [0.1, 0.15) is 0 Å². The molecule has 2 rings (SSSR count). The summed E-state index contributed by atoms with van der Waals surface area (Å²) in [5, 5.41) is 0. The molecular weight excluding hydrogens is 302 g/mol. The second kappa shape index (κ2) is 10.7. The van der Waals surface area contributed by atoms with E-state index in [2.05, 4.69) is 79.7 Å². The number of hydrogen-bond donors (Lipinski definition) is 0. The van der Waals surface area contributed by atoms with Crippen LogP contribution in [0.4, 0.5) is 0 Å². The summed E-state index contributed by atoms with van der Waals surface area (Å²) in [7, 11) is 4.11. The van der Waals surface area contributed by atoms with Crippen molar-refractivity contribution in [2.75, 3.05) is 14.1 Å². The molecule has 0 heterocycles. The number of likely N-dealkylation sites (N-methyl/N-ethyl adjacent to an activating group) is 1. The van der Waals surface area contributed by atoms with Crippen LogP contribution in [-0.4, -0.2) is 19.0 Å². The van der Waals surface area contributed by atoms with Crippen LogP contribution in [0.2, 0.25) is 0 Å². The molecule has 1 aromatic carbocycles. The number of nitrogens with zero attached hydrogens (tertiary/aromatic N) is 1. The van der Waals surface area contributed by atoms with Crippen molar-refractivity contribution >= 4 is 5.57 Å². The molecule has 0 bridgehead atoms. The van der Waals surface area contributed by atoms with E-state index in [9.17, 15) is 0 Å². The minimum absolute atomic E-state index is 1.14. The van der Waals surface area contributed by atoms with Crippen LogP contribution in [0, 0.1) is 0 Å². The van der Waals surface area contributed by atoms with Crippen LogP contribution in [0.1, 0.15) is 5.56 Å². The highest BCUT2D eigenvalue weighted by molar-refractivity contribution is 5.75. The van der Waals surface area contributed by atoms with Crippen molar-refractivity contribution in [3.8, 4) is 0 Å². The zero-order valence-corrected chi connectivity index (χ0v) is 14.9. The average Bonchev–Trinajstić information content (AvgIpc) is 2.60. The lowest BCUT2D eigenvalue weighted by Crippen LogP contribution is -2.08. The molecule has 0 aliphatic heterocycles. The SMILES string of the molecule is CN(C)C1=C/C=C\C=C/C=C\C=C(c2ccccccccc2)/C=C\1. The number of hydrogen-bond acceptors (Lipinski definition) is 1. The van der Waals surface area contributed by atoms with Gasteiger partial charge in [-0.05, 0) is 23.3 Å². The van der Waals surface area contributed by atoms with E-state index >= 15 is 0 Å². The van der Waals surface area contributed by atoms with Gasteiger partial charge in [0, 0.05) is 19.8 Å². The Morgan fingerprint density at radius 1 is 0.560 bits per heavy atom. The van der Waals surface area contributed by atoms with Gasteiger partial charge in [0.2, 0.25) is 0 Å². The second-order valence-corrected chi connectivity index (χ2v) is 5.73. The van der Waals surface area contributed by atoms with Gasteiger partial charge >= 0.3 is 0 Å². The quantitative estimate of drug-likeness (QED) is 0.656. The summed E-state index contributed by atoms with van der Waals surface area (Å²) < 4.78 is 0. The van der Waals surface area contributed by atoms with Crippen molar-refractivity contribution in [3.05, 3.63) is 127 Å². The fourth-order valence-electron chi connectivity index (χ4n) is 2.23. The zero-order chi connectivity index (χ0) is 17.7. The molecule has 1 nitrogen and oxygen atoms in total. The molecule has 0 fully saturated rings. The van der Waals surface area contributed by atoms with Crippen molar-refractivity contribution in [1.82, 2.24) is 4.90 Å². The van der Waals surface area contributed by atoms with Gasteiger partial charge in [-0.3, -0.25) is 0 Å². The third-order valence-electron chi connectivity index (χ3n) is 3.60. The Bertz CT molecular complexity index is 760. The van der Waals surface area contributed by atoms with E-state index in [1.807, 2.05) is 54.6 Å². The molecule has 1 aliphatic rings. The first-order valence-corrected chi connectivity index (χ1v) is 8.43. The summed E-state index contributed by atoms with van der Waals surface area (Å²) in [5.41, 5.74) is 3.45. The Balaban J connectivity index is 2.51. The second-order valence-electron chi connectivity index (χ2n) is 5.73. The monoisotopic (exact) mass is 327 g/mol. The average molecular weight is 327 g/mol. The molecule has 0 saturated heterocycles. The van der Waals surface area contributed by atoms with Crippen molar-refractivity contribution in [2.24, 2.45) is 0 Å². The molecule has 126 valence electrons. The highest BCUT2D eigenvalue weighted by Crippen LogP contribution is 2.16. The van der Waals surface area contributed by atoms with Gasteiger partial charge in [0.05, 0.1) is 0 Å². The molecule has 0 amide bonds. The predicted molar refractivity (Wildman–Crippen MR) is 110 cm³/mol. The fourth-order valence-corrected chi connectivity index (χ4v) is 2.23. The van der Waals surface area contributed by atoms with Crippen molar-refractivity contribution in [2.45, 2.75) is 0 Å². The largest absolute Gasteiger partial charge is 0.378 e. The predicted octanol–water partition coefficient (Wildman–Crippen LogP) is 5.88. The van der Waals surface area contributed by atoms with Gasteiger partial charge in [0.25, 0.3) is 0 Å². The van der Waals surface area contributed by atoms with E-state index in [4.69, 9.17) is 0 Å². The highest BCUT2D eigenvalue weighted by atomic mass is 15.1. The van der Waals surface area contributed by atoms with Gasteiger partial charge in [-0.1, -0.05) is 103 Å². The molecular formula is C24H25N. The maximum atomic E-state index is 2.16. The molecule has 0 radical (unpaired) electrons. The van der Waals surface area contributed by atoms with Crippen LogP contribution in [0.15, 0.2) is 121 Å². The van der Waals surface area contributed by atoms with Gasteiger partial charge in [-0.2, -0.15) is 0 Å². The lowest BCUT2D eigenvalue weighted by atomic mass is 10.1. The van der Waals surface area contributed by atoms with Crippen molar-refractivity contribution in [3.63, 3.8) is 0 Å². The molecule has 0 N–H and O–H groups in total. The third-order valence-corrected chi connectivity index (χ3v) is 3.60. The fraction of sp³-hybridized carbons (Fsp3) is 0.0833. The molecule has 1 aromatic rings. The first kappa shape index (κ1) is 18.3. The molecule has 25 heavy (non-hydrogen) atoms. The van der Waals surface area contributed by atoms with Gasteiger partial charge < -0.3 is 4.90 Å². The summed E-state index contributed by atoms with van der Waals surface area (Å²) in [6, 6.07) is 18.5. The smallest absolute Gasteiger partial charge is 0.0361 e. The van der Waals surface area contributed by atoms with Crippen molar-refractivity contribution < 1.29 is 0 Å². The molecule has 0 saturated carbocycles. The van der Waals surface area contributed by atoms with Crippen LogP contribution in [0.3, 0.4) is 0 Å². The minimum atomic E-state index is 1.14. The highest BCUT2D eigenvalue weighted by Gasteiger charge is 1.97. The first-order chi connectivity index (χ1) is 12.3. The molecule has 1 heteroatoms. The van der Waals surface area contributed by atoms with Gasteiger partial charge in [0.15, 0.2) is 0 Å². The summed E-state index contributed by atoms with van der Waals surface area (Å²) in [6.07, 6.45) is 20.8. The van der Waals surface area contributed by atoms with Crippen LogP contribution in [-0.2, 0) is 0 Å². The minimum Gasteiger partial charge on any atom is -0.378 e. The topological polar surface area (TPSA) is 3.24 Å². The van der Waals surface area contributed by atoms with Gasteiger partial charge in [-0.15, -0.1) is 0 Å². The summed E-state index contributed by atoms with van der Waals surface area (Å²) >= 11 is 0. The molecule has 0 atom stereocenters.